The van der Waals surface area contributed by atoms with Crippen molar-refractivity contribution in [3.63, 3.8) is 0 Å². The summed E-state index contributed by atoms with van der Waals surface area (Å²) in [5.41, 5.74) is 0. The molecule has 0 amide bonds. The molecule has 0 rings (SSSR count). The Labute approximate surface area is 361 Å². The molecule has 4 unspecified atom stereocenters. The number of hydrogen-bond acceptors (Lipinski definition) is 8. The van der Waals surface area contributed by atoms with Crippen LogP contribution in [0.25, 0.3) is 0 Å². The molecule has 17 heteroatoms. The van der Waals surface area contributed by atoms with E-state index in [4.69, 9.17) is 40.9 Å². The first-order valence-corrected chi connectivity index (χ1v) is 4.57. The zero-order chi connectivity index (χ0) is 16.6. The van der Waals surface area contributed by atoms with Crippen molar-refractivity contribution in [3.05, 3.63) is 0 Å². The van der Waals surface area contributed by atoms with Crippen molar-refractivity contribution in [1.82, 2.24) is 0 Å². The molecule has 0 heterocycles. The second kappa shape index (κ2) is 27.9. The molecule has 126 valence electrons. The zero-order valence-electron chi connectivity index (χ0n) is 19.5. The molecule has 0 aromatic rings. The van der Waals surface area contributed by atoms with Crippen LogP contribution in [0.1, 0.15) is 7.13 Å². The number of carbonyl (C=O) groups is 4. The summed E-state index contributed by atoms with van der Waals surface area (Å²) in [7, 11) is 0. The Kier molecular flexibility index (Phi) is 54.0. The summed E-state index contributed by atoms with van der Waals surface area (Å²) >= 11 is 0. The van der Waals surface area contributed by atoms with Gasteiger partial charge in [-0.3, -0.25) is 0 Å². The van der Waals surface area contributed by atoms with Crippen molar-refractivity contribution in [1.29, 1.82) is 0 Å². The van der Waals surface area contributed by atoms with Crippen LogP contribution in [-0.2, 0) is 19.2 Å². The number of aliphatic hydroxyl groups excluding tert-OH is 4. The van der Waals surface area contributed by atoms with Crippen molar-refractivity contribution in [3.8, 4) is 0 Å². The summed E-state index contributed by atoms with van der Waals surface area (Å²) in [5.74, 6) is -7.07. The van der Waals surface area contributed by atoms with E-state index in [2.05, 4.69) is 0 Å². The Morgan fingerprint density at radius 2 is 0.520 bits per heavy atom. The van der Waals surface area contributed by atoms with Crippen LogP contribution in [0.5, 0.6) is 0 Å². The molecule has 0 spiro atoms. The van der Waals surface area contributed by atoms with Crippen molar-refractivity contribution >= 4 is 23.9 Å². The minimum atomic E-state index is -2.27. The largest absolute Gasteiger partial charge is 1.00 e. The fraction of sp³-hybridized carbons (Fsp3) is 0.500. The quantitative estimate of drug-likeness (QED) is 0.159. The molecule has 0 aliphatic rings. The second-order valence-corrected chi connectivity index (χ2v) is 3.13. The summed E-state index contributed by atoms with van der Waals surface area (Å²) in [6, 6.07) is 0. The number of rotatable bonds is 6. The van der Waals surface area contributed by atoms with Gasteiger partial charge in [-0.1, -0.05) is 0 Å². The molecule has 0 radical (unpaired) electrons. The maximum atomic E-state index is 9.77. The monoisotopic (exact) mass is 500 g/mol. The van der Waals surface area contributed by atoms with E-state index < -0.39 is 48.3 Å². The van der Waals surface area contributed by atoms with E-state index in [9.17, 15) is 19.2 Å². The zero-order valence-corrected chi connectivity index (χ0v) is 30.1. The van der Waals surface area contributed by atoms with Gasteiger partial charge in [0.25, 0.3) is 0 Å². The molecule has 0 aromatic heterocycles. The molecule has 8 N–H and O–H groups in total. The summed E-state index contributed by atoms with van der Waals surface area (Å²) in [6.45, 7) is 0. The molecule has 0 aromatic carbocycles. The molecular weight excluding hydrogens is 484 g/mol. The molecular formula is C8H17K5O12. The van der Waals surface area contributed by atoms with Crippen LogP contribution in [0.2, 0.25) is 0 Å². The standard InChI is InChI=1S/2C4H6O6.5K.5H/c2*5-1(3(7)8)2(6)4(9)10;;;;;;;;;;/h2*1-2,5-6H,(H,7,8)(H,9,10);;;;;;;;;;/q;;5*+1;5*-1. The minimum absolute atomic E-state index is 0. The van der Waals surface area contributed by atoms with Crippen LogP contribution in [0.15, 0.2) is 0 Å². The van der Waals surface area contributed by atoms with Gasteiger partial charge in [0, 0.05) is 0 Å². The van der Waals surface area contributed by atoms with E-state index in [1.807, 2.05) is 0 Å². The van der Waals surface area contributed by atoms with E-state index in [1.54, 1.807) is 0 Å². The number of carboxylic acid groups (broad SMARTS) is 4. The van der Waals surface area contributed by atoms with E-state index in [0.29, 0.717) is 0 Å². The van der Waals surface area contributed by atoms with E-state index in [-0.39, 0.29) is 264 Å². The summed E-state index contributed by atoms with van der Waals surface area (Å²) in [5, 5.41) is 65.1. The van der Waals surface area contributed by atoms with Gasteiger partial charge in [-0.2, -0.15) is 0 Å². The van der Waals surface area contributed by atoms with Gasteiger partial charge in [0.15, 0.2) is 24.4 Å². The summed E-state index contributed by atoms with van der Waals surface area (Å²) in [6.07, 6.45) is -9.06. The maximum Gasteiger partial charge on any atom is 1.00 e. The minimum Gasteiger partial charge on any atom is -1.00 e. The third kappa shape index (κ3) is 26.0. The topological polar surface area (TPSA) is 230 Å². The number of hydrogen-bond donors (Lipinski definition) is 8. The first-order chi connectivity index (χ1) is 8.93. The predicted octanol–water partition coefficient (Wildman–Crippen LogP) is -18.7. The third-order valence-electron chi connectivity index (χ3n) is 1.61. The fourth-order valence-electron chi connectivity index (χ4n) is 0.540. The molecule has 0 saturated carbocycles. The van der Waals surface area contributed by atoms with Gasteiger partial charge in [0.05, 0.1) is 0 Å². The third-order valence-corrected chi connectivity index (χ3v) is 1.61. The van der Waals surface area contributed by atoms with Gasteiger partial charge >= 0.3 is 281 Å². The maximum absolute atomic E-state index is 9.77. The Bertz CT molecular complexity index is 341. The van der Waals surface area contributed by atoms with Crippen LogP contribution in [0.3, 0.4) is 0 Å². The van der Waals surface area contributed by atoms with E-state index >= 15 is 0 Å². The average Bonchev–Trinajstić information content (AvgIpc) is 2.35. The Balaban J connectivity index is -0.0000000162. The Morgan fingerprint density at radius 3 is 0.560 bits per heavy atom. The number of aliphatic hydroxyl groups is 4. The van der Waals surface area contributed by atoms with Gasteiger partial charge in [0.1, 0.15) is 0 Å². The van der Waals surface area contributed by atoms with Crippen molar-refractivity contribution in [2.24, 2.45) is 0 Å². The van der Waals surface area contributed by atoms with E-state index in [0.717, 1.165) is 0 Å². The molecule has 12 nitrogen and oxygen atoms in total. The van der Waals surface area contributed by atoms with Gasteiger partial charge in [-0.25, -0.2) is 19.2 Å². The normalized spacial score (nSPS) is 12.6. The molecule has 0 aliphatic heterocycles. The van der Waals surface area contributed by atoms with Gasteiger partial charge in [0.2, 0.25) is 0 Å². The predicted molar refractivity (Wildman–Crippen MR) is 60.1 cm³/mol. The molecule has 0 fully saturated rings. The van der Waals surface area contributed by atoms with Gasteiger partial charge in [-0.15, -0.1) is 0 Å². The number of aliphatic carboxylic acids is 4. The molecule has 25 heavy (non-hydrogen) atoms. The first-order valence-electron chi connectivity index (χ1n) is 4.57. The van der Waals surface area contributed by atoms with Crippen LogP contribution in [0, 0.1) is 0 Å². The van der Waals surface area contributed by atoms with Crippen molar-refractivity contribution in [2.75, 3.05) is 0 Å². The smallest absolute Gasteiger partial charge is 1.00 e. The van der Waals surface area contributed by atoms with Crippen LogP contribution in [0.4, 0.5) is 0 Å². The van der Waals surface area contributed by atoms with Crippen LogP contribution >= 0.6 is 0 Å². The molecule has 0 aliphatic carbocycles. The second-order valence-electron chi connectivity index (χ2n) is 3.13. The average molecular weight is 501 g/mol. The van der Waals surface area contributed by atoms with Crippen LogP contribution in [-0.4, -0.2) is 89.1 Å². The summed E-state index contributed by atoms with van der Waals surface area (Å²) < 4.78 is 0. The first kappa shape index (κ1) is 48.4. The number of carboxylic acids is 4. The fourth-order valence-corrected chi connectivity index (χ4v) is 0.540. The SMILES string of the molecule is O=C(O)C(O)C(O)C(=O)O.O=C(O)C(O)C(O)C(=O)O.[H-].[H-].[H-].[H-].[H-].[K+].[K+].[K+].[K+].[K+]. The van der Waals surface area contributed by atoms with Crippen LogP contribution < -0.4 is 257 Å². The molecule has 0 bridgehead atoms. The Morgan fingerprint density at radius 1 is 0.440 bits per heavy atom. The van der Waals surface area contributed by atoms with Crippen molar-refractivity contribution in [2.45, 2.75) is 24.4 Å². The molecule has 4 atom stereocenters. The molecule has 0 saturated heterocycles. The van der Waals surface area contributed by atoms with E-state index in [1.165, 1.54) is 0 Å². The summed E-state index contributed by atoms with van der Waals surface area (Å²) in [4.78, 5) is 39.1. The Hall–Kier alpha value is 5.90. The van der Waals surface area contributed by atoms with Gasteiger partial charge in [-0.05, 0) is 0 Å². The van der Waals surface area contributed by atoms with Crippen molar-refractivity contribution < 1.29 is 324 Å². The van der Waals surface area contributed by atoms with Gasteiger partial charge < -0.3 is 48.0 Å².